The van der Waals surface area contributed by atoms with Crippen LogP contribution in [0.5, 0.6) is 0 Å². The zero-order chi connectivity index (χ0) is 21.6. The molecule has 31 heavy (non-hydrogen) atoms. The fourth-order valence-electron chi connectivity index (χ4n) is 6.15. The lowest BCUT2D eigenvalue weighted by atomic mass is 9.86. The molecule has 3 saturated heterocycles. The van der Waals surface area contributed by atoms with Crippen LogP contribution < -0.4 is 16.0 Å². The number of carbonyl (C=O) groups is 2. The van der Waals surface area contributed by atoms with Crippen LogP contribution >= 0.6 is 11.6 Å². The molecule has 3 heterocycles. The van der Waals surface area contributed by atoms with Crippen LogP contribution in [0.25, 0.3) is 0 Å². The standard InChI is InChI=1S/C24H41ClN4O2/c25-20-6-3-5-18(14-20)24(31)29-12-8-17(9-13-29)4-1-2-10-27-23(30)22-15-19-16-26-11-7-21(19)28-22/h17-22,26,28H,1-16H2,(H,27,30). The predicted octanol–water partition coefficient (Wildman–Crippen LogP) is 2.65. The summed E-state index contributed by atoms with van der Waals surface area (Å²) in [7, 11) is 0. The number of likely N-dealkylation sites (tertiary alicyclic amines) is 1. The van der Waals surface area contributed by atoms with Gasteiger partial charge in [0.1, 0.15) is 0 Å². The number of alkyl halides is 1. The number of amides is 2. The van der Waals surface area contributed by atoms with Gasteiger partial charge in [-0.1, -0.05) is 19.3 Å². The quantitative estimate of drug-likeness (QED) is 0.410. The second kappa shape index (κ2) is 11.3. The third-order valence-corrected chi connectivity index (χ3v) is 8.50. The number of hydrogen-bond donors (Lipinski definition) is 3. The van der Waals surface area contributed by atoms with E-state index in [4.69, 9.17) is 11.6 Å². The molecule has 5 unspecified atom stereocenters. The van der Waals surface area contributed by atoms with Crippen molar-refractivity contribution in [2.24, 2.45) is 17.8 Å². The molecule has 176 valence electrons. The molecule has 1 saturated carbocycles. The fraction of sp³-hybridized carbons (Fsp3) is 0.917. The molecular formula is C24H41ClN4O2. The lowest BCUT2D eigenvalue weighted by Crippen LogP contribution is -2.45. The van der Waals surface area contributed by atoms with E-state index in [1.54, 1.807) is 0 Å². The van der Waals surface area contributed by atoms with E-state index < -0.39 is 0 Å². The van der Waals surface area contributed by atoms with Crippen molar-refractivity contribution in [2.45, 2.75) is 88.1 Å². The summed E-state index contributed by atoms with van der Waals surface area (Å²) in [5.41, 5.74) is 0. The third kappa shape index (κ3) is 6.35. The van der Waals surface area contributed by atoms with Gasteiger partial charge >= 0.3 is 0 Å². The summed E-state index contributed by atoms with van der Waals surface area (Å²) in [6.45, 7) is 4.70. The number of nitrogens with zero attached hydrogens (tertiary/aromatic N) is 1. The van der Waals surface area contributed by atoms with Crippen LogP contribution in [0.1, 0.15) is 70.6 Å². The molecule has 0 aromatic carbocycles. The van der Waals surface area contributed by atoms with Crippen molar-refractivity contribution in [3.05, 3.63) is 0 Å². The number of carbonyl (C=O) groups excluding carboxylic acids is 2. The second-order valence-electron chi connectivity index (χ2n) is 10.3. The maximum Gasteiger partial charge on any atom is 0.237 e. The summed E-state index contributed by atoms with van der Waals surface area (Å²) < 4.78 is 0. The average Bonchev–Trinajstić information content (AvgIpc) is 3.23. The van der Waals surface area contributed by atoms with Crippen molar-refractivity contribution in [3.8, 4) is 0 Å². The molecule has 5 atom stereocenters. The maximum atomic E-state index is 12.8. The summed E-state index contributed by atoms with van der Waals surface area (Å²) in [6, 6.07) is 0.513. The SMILES string of the molecule is O=C(NCCCCC1CCN(C(=O)C2CCCC(Cl)C2)CC1)C1CC2CNCCC2N1. The summed E-state index contributed by atoms with van der Waals surface area (Å²) >= 11 is 6.28. The summed E-state index contributed by atoms with van der Waals surface area (Å²) in [4.78, 5) is 27.3. The molecule has 4 aliphatic rings. The van der Waals surface area contributed by atoms with Gasteiger partial charge in [0.25, 0.3) is 0 Å². The minimum absolute atomic E-state index is 0.00462. The maximum absolute atomic E-state index is 12.8. The Morgan fingerprint density at radius 1 is 1.03 bits per heavy atom. The van der Waals surface area contributed by atoms with E-state index in [0.29, 0.717) is 17.9 Å². The largest absolute Gasteiger partial charge is 0.355 e. The first-order valence-electron chi connectivity index (χ1n) is 12.8. The van der Waals surface area contributed by atoms with Crippen molar-refractivity contribution in [1.29, 1.82) is 0 Å². The van der Waals surface area contributed by atoms with Gasteiger partial charge in [-0.3, -0.25) is 9.59 Å². The Morgan fingerprint density at radius 3 is 2.65 bits per heavy atom. The zero-order valence-electron chi connectivity index (χ0n) is 18.9. The number of fused-ring (bicyclic) bond motifs is 1. The van der Waals surface area contributed by atoms with Crippen LogP contribution in [0.3, 0.4) is 0 Å². The predicted molar refractivity (Wildman–Crippen MR) is 124 cm³/mol. The Bertz CT molecular complexity index is 596. The molecule has 2 amide bonds. The molecule has 0 aromatic rings. The molecule has 4 rings (SSSR count). The number of piperidine rings is 2. The topological polar surface area (TPSA) is 73.5 Å². The Balaban J connectivity index is 1.06. The molecule has 0 bridgehead atoms. The number of halogens is 1. The Kier molecular flexibility index (Phi) is 8.52. The van der Waals surface area contributed by atoms with Gasteiger partial charge in [-0.15, -0.1) is 11.6 Å². The Hall–Kier alpha value is -0.850. The van der Waals surface area contributed by atoms with Crippen LogP contribution in [0.4, 0.5) is 0 Å². The van der Waals surface area contributed by atoms with Crippen LogP contribution in [-0.4, -0.2) is 66.9 Å². The first-order valence-corrected chi connectivity index (χ1v) is 13.2. The summed E-state index contributed by atoms with van der Waals surface area (Å²) in [6.07, 6.45) is 11.8. The first kappa shape index (κ1) is 23.3. The third-order valence-electron chi connectivity index (χ3n) is 8.10. The van der Waals surface area contributed by atoms with Crippen molar-refractivity contribution in [3.63, 3.8) is 0 Å². The minimum Gasteiger partial charge on any atom is -0.355 e. The molecular weight excluding hydrogens is 412 g/mol. The van der Waals surface area contributed by atoms with E-state index >= 15 is 0 Å². The molecule has 7 heteroatoms. The van der Waals surface area contributed by atoms with Gasteiger partial charge in [-0.25, -0.2) is 0 Å². The zero-order valence-corrected chi connectivity index (χ0v) is 19.7. The van der Waals surface area contributed by atoms with Crippen molar-refractivity contribution >= 4 is 23.4 Å². The number of rotatable bonds is 7. The highest BCUT2D eigenvalue weighted by atomic mass is 35.5. The molecule has 0 radical (unpaired) electrons. The minimum atomic E-state index is -0.00462. The number of nitrogens with one attached hydrogen (secondary N) is 3. The molecule has 0 aromatic heterocycles. The lowest BCUT2D eigenvalue weighted by molar-refractivity contribution is -0.138. The van der Waals surface area contributed by atoms with E-state index in [1.165, 1.54) is 6.42 Å². The van der Waals surface area contributed by atoms with Gasteiger partial charge in [-0.2, -0.15) is 0 Å². The normalized spacial score (nSPS) is 34.4. The highest BCUT2D eigenvalue weighted by molar-refractivity contribution is 6.20. The average molecular weight is 453 g/mol. The van der Waals surface area contributed by atoms with Crippen LogP contribution in [-0.2, 0) is 9.59 Å². The highest BCUT2D eigenvalue weighted by Gasteiger charge is 2.38. The van der Waals surface area contributed by atoms with Crippen LogP contribution in [0.15, 0.2) is 0 Å². The van der Waals surface area contributed by atoms with Crippen molar-refractivity contribution in [2.75, 3.05) is 32.7 Å². The van der Waals surface area contributed by atoms with Gasteiger partial charge in [0.2, 0.25) is 11.8 Å². The molecule has 3 aliphatic heterocycles. The fourth-order valence-corrected chi connectivity index (χ4v) is 6.52. The van der Waals surface area contributed by atoms with E-state index in [0.717, 1.165) is 103 Å². The molecule has 4 fully saturated rings. The first-order chi connectivity index (χ1) is 15.1. The van der Waals surface area contributed by atoms with Gasteiger partial charge in [0.05, 0.1) is 6.04 Å². The Morgan fingerprint density at radius 2 is 1.87 bits per heavy atom. The van der Waals surface area contributed by atoms with E-state index in [9.17, 15) is 9.59 Å². The molecule has 3 N–H and O–H groups in total. The highest BCUT2D eigenvalue weighted by Crippen LogP contribution is 2.31. The van der Waals surface area contributed by atoms with Crippen LogP contribution in [0, 0.1) is 17.8 Å². The van der Waals surface area contributed by atoms with Gasteiger partial charge < -0.3 is 20.9 Å². The van der Waals surface area contributed by atoms with E-state index in [2.05, 4.69) is 20.9 Å². The van der Waals surface area contributed by atoms with Crippen molar-refractivity contribution in [1.82, 2.24) is 20.9 Å². The lowest BCUT2D eigenvalue weighted by Gasteiger charge is -2.36. The summed E-state index contributed by atoms with van der Waals surface area (Å²) in [5, 5.41) is 10.3. The smallest absolute Gasteiger partial charge is 0.237 e. The van der Waals surface area contributed by atoms with Crippen LogP contribution in [0.2, 0.25) is 0 Å². The van der Waals surface area contributed by atoms with E-state index in [-0.39, 0.29) is 23.2 Å². The monoisotopic (exact) mass is 452 g/mol. The Labute approximate surface area is 192 Å². The van der Waals surface area contributed by atoms with Crippen molar-refractivity contribution < 1.29 is 9.59 Å². The molecule has 1 aliphatic carbocycles. The summed E-state index contributed by atoms with van der Waals surface area (Å²) in [5.74, 6) is 2.02. The van der Waals surface area contributed by atoms with Gasteiger partial charge in [-0.05, 0) is 76.3 Å². The number of hydrogen-bond acceptors (Lipinski definition) is 4. The second-order valence-corrected chi connectivity index (χ2v) is 10.9. The number of unbranched alkanes of at least 4 members (excludes halogenated alkanes) is 1. The van der Waals surface area contributed by atoms with E-state index in [1.807, 2.05) is 0 Å². The van der Waals surface area contributed by atoms with Gasteiger partial charge in [0, 0.05) is 37.0 Å². The van der Waals surface area contributed by atoms with Gasteiger partial charge in [0.15, 0.2) is 0 Å². The molecule has 6 nitrogen and oxygen atoms in total. The molecule has 0 spiro atoms.